The Morgan fingerprint density at radius 3 is 2.71 bits per heavy atom. The maximum Gasteiger partial charge on any atom is 0.169 e. The Labute approximate surface area is 113 Å². The minimum absolute atomic E-state index is 0.528. The van der Waals surface area contributed by atoms with Crippen LogP contribution >= 0.6 is 24.8 Å². The van der Waals surface area contributed by atoms with Crippen molar-refractivity contribution in [3.8, 4) is 0 Å². The van der Waals surface area contributed by atoms with E-state index in [4.69, 9.17) is 12.2 Å². The van der Waals surface area contributed by atoms with Gasteiger partial charge in [0.25, 0.3) is 0 Å². The maximum atomic E-state index is 5.19. The van der Waals surface area contributed by atoms with E-state index in [2.05, 4.69) is 41.9 Å². The third-order valence-electron chi connectivity index (χ3n) is 2.57. The summed E-state index contributed by atoms with van der Waals surface area (Å²) in [4.78, 5) is 0. The average molecular weight is 265 g/mol. The summed E-state index contributed by atoms with van der Waals surface area (Å²) in [6.45, 7) is 0.788. The molecule has 1 aliphatic heterocycles. The van der Waals surface area contributed by atoms with Crippen LogP contribution in [0.25, 0.3) is 6.08 Å². The molecular weight excluding hydrogens is 250 g/mol. The summed E-state index contributed by atoms with van der Waals surface area (Å²) in [5.74, 6) is 0. The van der Waals surface area contributed by atoms with Crippen molar-refractivity contribution in [2.75, 3.05) is 25.6 Å². The molecule has 0 amide bonds. The third kappa shape index (κ3) is 2.46. The number of hydrazine groups is 2. The van der Waals surface area contributed by atoms with E-state index >= 15 is 0 Å². The Bertz CT molecular complexity index is 457. The molecule has 1 aromatic carbocycles. The molecule has 1 aliphatic rings. The Hall–Kier alpha value is -1.04. The second-order valence-electron chi connectivity index (χ2n) is 3.96. The predicted molar refractivity (Wildman–Crippen MR) is 79.9 cm³/mol. The molecule has 17 heavy (non-hydrogen) atoms. The zero-order valence-electron chi connectivity index (χ0n) is 9.87. The normalized spacial score (nSPS) is 13.8. The molecule has 0 fully saturated rings. The molecule has 0 aromatic heterocycles. The summed E-state index contributed by atoms with van der Waals surface area (Å²) in [5.41, 5.74) is 2.33. The molecule has 5 heteroatoms. The highest BCUT2D eigenvalue weighted by Gasteiger charge is 2.22. The molecule has 3 nitrogen and oxygen atoms in total. The number of anilines is 1. The lowest BCUT2D eigenvalue weighted by molar-refractivity contribution is 0.106. The highest BCUT2D eigenvalue weighted by atomic mass is 32.1. The first kappa shape index (κ1) is 12.4. The Balaban J connectivity index is 2.40. The molecule has 1 aromatic rings. The minimum Gasteiger partial charge on any atom is -0.265 e. The number of rotatable bonds is 2. The van der Waals surface area contributed by atoms with Crippen molar-refractivity contribution in [2.45, 2.75) is 0 Å². The first-order chi connectivity index (χ1) is 8.11. The Morgan fingerprint density at radius 2 is 2.06 bits per heavy atom. The monoisotopic (exact) mass is 265 g/mol. The maximum absolute atomic E-state index is 5.19. The molecule has 0 saturated heterocycles. The van der Waals surface area contributed by atoms with Gasteiger partial charge in [0.05, 0.1) is 12.2 Å². The van der Waals surface area contributed by atoms with Crippen molar-refractivity contribution in [1.82, 2.24) is 10.1 Å². The predicted octanol–water partition coefficient (Wildman–Crippen LogP) is 2.43. The van der Waals surface area contributed by atoms with Gasteiger partial charge < -0.3 is 0 Å². The minimum atomic E-state index is 0.528. The Morgan fingerprint density at radius 1 is 1.35 bits per heavy atom. The number of benzene rings is 1. The molecule has 0 radical (unpaired) electrons. The third-order valence-corrected chi connectivity index (χ3v) is 2.91. The smallest absolute Gasteiger partial charge is 0.169 e. The van der Waals surface area contributed by atoms with E-state index in [1.807, 2.05) is 36.4 Å². The molecule has 0 aliphatic carbocycles. The number of fused-ring (bicyclic) bond motifs is 1. The van der Waals surface area contributed by atoms with E-state index < -0.39 is 0 Å². The number of para-hydroxylation sites is 1. The largest absolute Gasteiger partial charge is 0.265 e. The topological polar surface area (TPSA) is 9.72 Å². The van der Waals surface area contributed by atoms with E-state index in [0.29, 0.717) is 4.32 Å². The molecule has 0 atom stereocenters. The van der Waals surface area contributed by atoms with E-state index in [9.17, 15) is 0 Å². The van der Waals surface area contributed by atoms with Gasteiger partial charge in [0, 0.05) is 14.1 Å². The van der Waals surface area contributed by atoms with E-state index in [0.717, 1.165) is 12.2 Å². The van der Waals surface area contributed by atoms with Crippen molar-refractivity contribution in [2.24, 2.45) is 0 Å². The van der Waals surface area contributed by atoms with Crippen LogP contribution in [0.2, 0.25) is 0 Å². The highest BCUT2D eigenvalue weighted by molar-refractivity contribution is 8.10. The van der Waals surface area contributed by atoms with Gasteiger partial charge in [-0.05, 0) is 23.8 Å². The lowest BCUT2D eigenvalue weighted by atomic mass is 10.1. The number of hydrogen-bond acceptors (Lipinski definition) is 3. The first-order valence-electron chi connectivity index (χ1n) is 5.34. The highest BCUT2D eigenvalue weighted by Crippen LogP contribution is 2.27. The summed E-state index contributed by atoms with van der Waals surface area (Å²) in [7, 11) is 3.90. The van der Waals surface area contributed by atoms with E-state index in [1.54, 1.807) is 0 Å². The fraction of sp³-hybridized carbons (Fsp3) is 0.250. The van der Waals surface area contributed by atoms with Gasteiger partial charge in [0.2, 0.25) is 0 Å². The molecule has 0 spiro atoms. The van der Waals surface area contributed by atoms with Gasteiger partial charge in [0.1, 0.15) is 0 Å². The zero-order chi connectivity index (χ0) is 12.4. The van der Waals surface area contributed by atoms with E-state index in [1.165, 1.54) is 5.56 Å². The first-order valence-corrected chi connectivity index (χ1v) is 6.20. The van der Waals surface area contributed by atoms with Gasteiger partial charge in [-0.2, -0.15) is 5.12 Å². The van der Waals surface area contributed by atoms with Crippen molar-refractivity contribution in [3.63, 3.8) is 0 Å². The van der Waals surface area contributed by atoms with Crippen molar-refractivity contribution in [3.05, 3.63) is 35.9 Å². The average Bonchev–Trinajstić information content (AvgIpc) is 2.28. The van der Waals surface area contributed by atoms with Crippen LogP contribution < -0.4 is 5.01 Å². The quantitative estimate of drug-likeness (QED) is 0.499. The van der Waals surface area contributed by atoms with Gasteiger partial charge in [-0.15, -0.1) is 12.6 Å². The molecule has 0 unspecified atom stereocenters. The molecular formula is C12H15N3S2. The fourth-order valence-corrected chi connectivity index (χ4v) is 2.46. The van der Waals surface area contributed by atoms with Gasteiger partial charge in [-0.25, -0.2) is 5.01 Å². The van der Waals surface area contributed by atoms with Crippen LogP contribution in [0.15, 0.2) is 30.3 Å². The van der Waals surface area contributed by atoms with Crippen molar-refractivity contribution in [1.29, 1.82) is 0 Å². The van der Waals surface area contributed by atoms with Gasteiger partial charge in [0.15, 0.2) is 4.32 Å². The number of nitrogens with zero attached hydrogens (tertiary/aromatic N) is 3. The lowest BCUT2D eigenvalue weighted by Gasteiger charge is -2.41. The van der Waals surface area contributed by atoms with Gasteiger partial charge in [-0.3, -0.25) is 5.01 Å². The molecule has 0 N–H and O–H groups in total. The van der Waals surface area contributed by atoms with Crippen LogP contribution in [-0.4, -0.2) is 35.1 Å². The Kier molecular flexibility index (Phi) is 3.71. The molecule has 90 valence electrons. The van der Waals surface area contributed by atoms with E-state index in [-0.39, 0.29) is 0 Å². The zero-order valence-corrected chi connectivity index (χ0v) is 11.6. The van der Waals surface area contributed by atoms with Crippen LogP contribution in [0.1, 0.15) is 5.56 Å². The van der Waals surface area contributed by atoms with Crippen LogP contribution in [0.4, 0.5) is 5.69 Å². The SMILES string of the molecule is CN(C)N(C(=S)S)N1CC=Cc2ccccc21. The second kappa shape index (κ2) is 5.08. The summed E-state index contributed by atoms with van der Waals surface area (Å²) in [6, 6.07) is 8.24. The summed E-state index contributed by atoms with van der Waals surface area (Å²) < 4.78 is 0.528. The van der Waals surface area contributed by atoms with Crippen LogP contribution in [0, 0.1) is 0 Å². The van der Waals surface area contributed by atoms with Crippen LogP contribution in [0.5, 0.6) is 0 Å². The number of thiol groups is 1. The van der Waals surface area contributed by atoms with Crippen molar-refractivity contribution >= 4 is 40.9 Å². The number of thiocarbonyl (C=S) groups is 1. The summed E-state index contributed by atoms with van der Waals surface area (Å²) in [5, 5.41) is 5.90. The lowest BCUT2D eigenvalue weighted by Crippen LogP contribution is -2.52. The summed E-state index contributed by atoms with van der Waals surface area (Å²) in [6.07, 6.45) is 4.24. The van der Waals surface area contributed by atoms with Crippen LogP contribution in [-0.2, 0) is 0 Å². The molecule has 0 saturated carbocycles. The molecule has 1 heterocycles. The molecule has 0 bridgehead atoms. The fourth-order valence-electron chi connectivity index (χ4n) is 1.91. The van der Waals surface area contributed by atoms with Gasteiger partial charge in [-0.1, -0.05) is 30.4 Å². The van der Waals surface area contributed by atoms with Crippen molar-refractivity contribution < 1.29 is 0 Å². The number of hydrogen-bond donors (Lipinski definition) is 1. The second-order valence-corrected chi connectivity index (χ2v) is 5.08. The standard InChI is InChI=1S/C12H15N3S2/c1-13(2)15(12(16)17)14-9-5-7-10-6-3-4-8-11(10)14/h3-8H,9H2,1-2H3,(H,16,17). The molecule has 2 rings (SSSR count). The van der Waals surface area contributed by atoms with Crippen LogP contribution in [0.3, 0.4) is 0 Å². The van der Waals surface area contributed by atoms with Gasteiger partial charge >= 0.3 is 0 Å². The summed E-state index contributed by atoms with van der Waals surface area (Å²) >= 11 is 9.47.